The minimum Gasteiger partial charge on any atom is -1.00 e. The molecule has 2 heterocycles. The number of hydrogen-bond acceptors (Lipinski definition) is 5. The summed E-state index contributed by atoms with van der Waals surface area (Å²) in [7, 11) is -1.51. The predicted octanol–water partition coefficient (Wildman–Crippen LogP) is -0.828. The Bertz CT molecular complexity index is 913. The summed E-state index contributed by atoms with van der Waals surface area (Å²) < 4.78 is 28.5. The van der Waals surface area contributed by atoms with Gasteiger partial charge in [0.05, 0.1) is 4.90 Å². The van der Waals surface area contributed by atoms with Gasteiger partial charge in [-0.2, -0.15) is 4.31 Å². The van der Waals surface area contributed by atoms with Gasteiger partial charge in [-0.3, -0.25) is 10.2 Å². The van der Waals surface area contributed by atoms with Crippen LogP contribution >= 0.6 is 0 Å². The standard InChI is InChI=1S/C22H34N4O3S.ClH/c1-21(2)13-18-14-22(3,15-21)16-26(18)30(28,29)19-7-5-17(6-8-19)20(27)23-25-11-9-24(4)10-12-25;/h5-8,18H,9-16H2,1-4H3,(H,23,27);1H/p-1. The monoisotopic (exact) mass is 469 g/mol. The second kappa shape index (κ2) is 8.63. The third-order valence-electron chi connectivity index (χ3n) is 6.85. The number of carbonyl (C=O) groups is 1. The van der Waals surface area contributed by atoms with Crippen LogP contribution in [0.25, 0.3) is 0 Å². The topological polar surface area (TPSA) is 73.0 Å². The number of piperazine rings is 1. The minimum absolute atomic E-state index is 0. The molecule has 1 aliphatic carbocycles. The van der Waals surface area contributed by atoms with Crippen molar-refractivity contribution >= 4 is 15.9 Å². The van der Waals surface area contributed by atoms with Crippen LogP contribution in [0.3, 0.4) is 0 Å². The van der Waals surface area contributed by atoms with Crippen LogP contribution in [-0.2, 0) is 10.0 Å². The highest BCUT2D eigenvalue weighted by Gasteiger charge is 2.53. The number of halogens is 1. The maximum atomic E-state index is 13.4. The molecule has 0 aromatic heterocycles. The van der Waals surface area contributed by atoms with E-state index >= 15 is 0 Å². The van der Waals surface area contributed by atoms with Gasteiger partial charge in [0.25, 0.3) is 5.91 Å². The summed E-state index contributed by atoms with van der Waals surface area (Å²) in [6.07, 6.45) is 2.88. The van der Waals surface area contributed by atoms with Crippen LogP contribution < -0.4 is 17.8 Å². The Morgan fingerprint density at radius 2 is 1.65 bits per heavy atom. The van der Waals surface area contributed by atoms with Gasteiger partial charge in [0.15, 0.2) is 0 Å². The number of sulfonamides is 1. The van der Waals surface area contributed by atoms with E-state index < -0.39 is 10.0 Å². The first-order chi connectivity index (χ1) is 14.0. The number of likely N-dealkylation sites (N-methyl/N-ethyl adjacent to an activating group) is 1. The van der Waals surface area contributed by atoms with Crippen molar-refractivity contribution in [3.05, 3.63) is 29.8 Å². The Labute approximate surface area is 192 Å². The van der Waals surface area contributed by atoms with Gasteiger partial charge in [-0.1, -0.05) is 20.8 Å². The van der Waals surface area contributed by atoms with Crippen molar-refractivity contribution in [3.63, 3.8) is 0 Å². The summed E-state index contributed by atoms with van der Waals surface area (Å²) in [6, 6.07) is 6.44. The zero-order valence-electron chi connectivity index (χ0n) is 18.9. The van der Waals surface area contributed by atoms with E-state index in [9.17, 15) is 13.2 Å². The Morgan fingerprint density at radius 1 is 1.03 bits per heavy atom. The fraction of sp³-hybridized carbons (Fsp3) is 0.682. The summed E-state index contributed by atoms with van der Waals surface area (Å²) in [5.41, 5.74) is 3.60. The highest BCUT2D eigenvalue weighted by molar-refractivity contribution is 7.89. The maximum absolute atomic E-state index is 13.4. The molecule has 174 valence electrons. The molecule has 2 bridgehead atoms. The average molecular weight is 470 g/mol. The summed E-state index contributed by atoms with van der Waals surface area (Å²) in [6.45, 7) is 10.6. The van der Waals surface area contributed by atoms with Crippen molar-refractivity contribution in [2.45, 2.75) is 51.0 Å². The molecule has 1 aromatic carbocycles. The van der Waals surface area contributed by atoms with Gasteiger partial charge in [0.2, 0.25) is 10.0 Å². The van der Waals surface area contributed by atoms with Crippen LogP contribution in [0, 0.1) is 10.8 Å². The fourth-order valence-electron chi connectivity index (χ4n) is 5.73. The van der Waals surface area contributed by atoms with Crippen molar-refractivity contribution < 1.29 is 25.6 Å². The van der Waals surface area contributed by atoms with Gasteiger partial charge >= 0.3 is 0 Å². The molecule has 31 heavy (non-hydrogen) atoms. The third kappa shape index (κ3) is 5.09. The summed E-state index contributed by atoms with van der Waals surface area (Å²) in [5, 5.41) is 1.92. The number of nitrogens with one attached hydrogen (secondary N) is 1. The first-order valence-electron chi connectivity index (χ1n) is 10.8. The number of fused-ring (bicyclic) bond motifs is 2. The average Bonchev–Trinajstić information content (AvgIpc) is 2.93. The molecule has 1 N–H and O–H groups in total. The SMILES string of the molecule is CN1CCN(NC(=O)c2ccc(S(=O)(=O)N3CC4(C)CC3CC(C)(C)C4)cc2)CC1.[Cl-]. The molecule has 2 atom stereocenters. The van der Waals surface area contributed by atoms with Crippen molar-refractivity contribution in [1.82, 2.24) is 19.6 Å². The molecular formula is C22H34ClN4O3S-. The lowest BCUT2D eigenvalue weighted by Crippen LogP contribution is -3.00. The number of amides is 1. The van der Waals surface area contributed by atoms with Crippen molar-refractivity contribution in [2.24, 2.45) is 10.8 Å². The van der Waals surface area contributed by atoms with Crippen LogP contribution in [-0.4, -0.2) is 74.4 Å². The van der Waals surface area contributed by atoms with E-state index in [4.69, 9.17) is 0 Å². The molecule has 3 fully saturated rings. The molecule has 0 radical (unpaired) electrons. The van der Waals surface area contributed by atoms with Crippen molar-refractivity contribution in [3.8, 4) is 0 Å². The molecule has 2 unspecified atom stereocenters. The Kier molecular flexibility index (Phi) is 6.81. The van der Waals surface area contributed by atoms with Gasteiger partial charge < -0.3 is 17.3 Å². The number of benzene rings is 1. The second-order valence-corrected chi connectivity index (χ2v) is 12.4. The fourth-order valence-corrected chi connectivity index (χ4v) is 7.50. The number of hydrogen-bond donors (Lipinski definition) is 1. The zero-order chi connectivity index (χ0) is 21.7. The summed E-state index contributed by atoms with van der Waals surface area (Å²) in [4.78, 5) is 15.0. The molecule has 1 saturated carbocycles. The number of rotatable bonds is 4. The lowest BCUT2D eigenvalue weighted by atomic mass is 9.65. The molecule has 3 aliphatic rings. The van der Waals surface area contributed by atoms with Gasteiger partial charge in [0, 0.05) is 44.3 Å². The molecular weight excluding hydrogens is 436 g/mol. The van der Waals surface area contributed by atoms with Crippen LogP contribution in [0.4, 0.5) is 0 Å². The van der Waals surface area contributed by atoms with Gasteiger partial charge in [-0.05, 0) is 61.4 Å². The summed E-state index contributed by atoms with van der Waals surface area (Å²) >= 11 is 0. The van der Waals surface area contributed by atoms with Crippen LogP contribution in [0.2, 0.25) is 0 Å². The summed E-state index contributed by atoms with van der Waals surface area (Å²) in [5.74, 6) is -0.199. The van der Waals surface area contributed by atoms with Gasteiger partial charge in [-0.25, -0.2) is 13.4 Å². The number of hydrazine groups is 1. The van der Waals surface area contributed by atoms with E-state index in [1.54, 1.807) is 28.6 Å². The molecule has 0 spiro atoms. The predicted molar refractivity (Wildman–Crippen MR) is 116 cm³/mol. The Hall–Kier alpha value is -1.19. The first-order valence-corrected chi connectivity index (χ1v) is 12.3. The van der Waals surface area contributed by atoms with Crippen LogP contribution in [0.1, 0.15) is 50.4 Å². The van der Waals surface area contributed by atoms with Crippen molar-refractivity contribution in [1.29, 1.82) is 0 Å². The maximum Gasteiger partial charge on any atom is 0.265 e. The molecule has 1 amide bonds. The van der Waals surface area contributed by atoms with Gasteiger partial charge in [-0.15, -0.1) is 0 Å². The number of nitrogens with zero attached hydrogens (tertiary/aromatic N) is 3. The molecule has 1 aromatic rings. The van der Waals surface area contributed by atoms with E-state index in [0.717, 1.165) is 45.4 Å². The van der Waals surface area contributed by atoms with Crippen molar-refractivity contribution in [2.75, 3.05) is 39.8 Å². The van der Waals surface area contributed by atoms with E-state index in [2.05, 4.69) is 38.1 Å². The first kappa shape index (κ1) is 24.5. The molecule has 2 saturated heterocycles. The lowest BCUT2D eigenvalue weighted by molar-refractivity contribution is -0.0000216. The third-order valence-corrected chi connectivity index (χ3v) is 8.77. The second-order valence-electron chi connectivity index (χ2n) is 10.5. The highest BCUT2D eigenvalue weighted by Crippen LogP contribution is 2.53. The smallest absolute Gasteiger partial charge is 0.265 e. The minimum atomic E-state index is -3.57. The molecule has 9 heteroatoms. The van der Waals surface area contributed by atoms with E-state index in [1.165, 1.54) is 0 Å². The lowest BCUT2D eigenvalue weighted by Gasteiger charge is -2.39. The van der Waals surface area contributed by atoms with Crippen LogP contribution in [0.5, 0.6) is 0 Å². The van der Waals surface area contributed by atoms with Crippen LogP contribution in [0.15, 0.2) is 29.2 Å². The normalized spacial score (nSPS) is 29.4. The molecule has 2 aliphatic heterocycles. The van der Waals surface area contributed by atoms with Gasteiger partial charge in [0.1, 0.15) is 0 Å². The Morgan fingerprint density at radius 3 is 2.26 bits per heavy atom. The highest BCUT2D eigenvalue weighted by atomic mass is 35.5. The molecule has 4 rings (SSSR count). The largest absolute Gasteiger partial charge is 1.00 e. The van der Waals surface area contributed by atoms with E-state index in [0.29, 0.717) is 12.1 Å². The Balaban J connectivity index is 0.00000272. The van der Waals surface area contributed by atoms with E-state index in [1.807, 2.05) is 5.01 Å². The zero-order valence-corrected chi connectivity index (χ0v) is 20.5. The number of carbonyl (C=O) groups excluding carboxylic acids is 1. The molecule has 7 nitrogen and oxygen atoms in total. The quantitative estimate of drug-likeness (QED) is 0.623. The van der Waals surface area contributed by atoms with E-state index in [-0.39, 0.29) is 40.1 Å².